The summed E-state index contributed by atoms with van der Waals surface area (Å²) in [5, 5.41) is 17.3. The first-order chi connectivity index (χ1) is 6.43. The molecule has 14 heavy (non-hydrogen) atoms. The van der Waals surface area contributed by atoms with Gasteiger partial charge in [0.2, 0.25) is 0 Å². The summed E-state index contributed by atoms with van der Waals surface area (Å²) in [7, 11) is 0. The van der Waals surface area contributed by atoms with Gasteiger partial charge in [-0.15, -0.1) is 11.3 Å². The Balaban J connectivity index is 3.10. The molecule has 0 radical (unpaired) electrons. The zero-order valence-electron chi connectivity index (χ0n) is 7.35. The van der Waals surface area contributed by atoms with E-state index >= 15 is 0 Å². The highest BCUT2D eigenvalue weighted by atomic mass is 32.1. The largest absolute Gasteiger partial charge is 0.480 e. The molecule has 0 amide bonds. The van der Waals surface area contributed by atoms with Crippen LogP contribution in [-0.4, -0.2) is 22.2 Å². The molecule has 0 bridgehead atoms. The monoisotopic (exact) mass is 215 g/mol. The Morgan fingerprint density at radius 2 is 2.07 bits per heavy atom. The van der Waals surface area contributed by atoms with E-state index in [9.17, 15) is 9.59 Å². The maximum Gasteiger partial charge on any atom is 0.345 e. The number of rotatable bonds is 3. The highest BCUT2D eigenvalue weighted by molar-refractivity contribution is 7.14. The van der Waals surface area contributed by atoms with Gasteiger partial charge in [0.15, 0.2) is 0 Å². The molecule has 1 aromatic rings. The van der Waals surface area contributed by atoms with E-state index in [-0.39, 0.29) is 4.88 Å². The first kappa shape index (κ1) is 10.7. The van der Waals surface area contributed by atoms with E-state index in [0.29, 0.717) is 10.4 Å². The van der Waals surface area contributed by atoms with Crippen LogP contribution in [0, 0.1) is 6.92 Å². The Labute approximate surface area is 83.8 Å². The highest BCUT2D eigenvalue weighted by Gasteiger charge is 2.21. The molecule has 0 aliphatic carbocycles. The third-order valence-corrected chi connectivity index (χ3v) is 3.02. The summed E-state index contributed by atoms with van der Waals surface area (Å²) in [6.45, 7) is 1.64. The van der Waals surface area contributed by atoms with Crippen LogP contribution in [0.15, 0.2) is 6.07 Å². The Morgan fingerprint density at radius 3 is 2.43 bits per heavy atom. The minimum atomic E-state index is -1.16. The predicted octanol–water partition coefficient (Wildman–Crippen LogP) is 0.839. The Bertz CT molecular complexity index is 385. The van der Waals surface area contributed by atoms with Crippen LogP contribution in [0.5, 0.6) is 0 Å². The van der Waals surface area contributed by atoms with Crippen LogP contribution in [0.2, 0.25) is 0 Å². The Hall–Kier alpha value is -1.40. The van der Waals surface area contributed by atoms with Crippen molar-refractivity contribution in [3.63, 3.8) is 0 Å². The SMILES string of the molecule is Cc1cc(C(=O)O)sc1C(N)C(=O)O. The second-order valence-corrected chi connectivity index (χ2v) is 3.86. The van der Waals surface area contributed by atoms with Gasteiger partial charge in [0, 0.05) is 4.88 Å². The van der Waals surface area contributed by atoms with Crippen LogP contribution in [-0.2, 0) is 4.79 Å². The molecular formula is C8H9NO4S. The number of nitrogens with two attached hydrogens (primary N) is 1. The second-order valence-electron chi connectivity index (χ2n) is 2.78. The number of carbonyl (C=O) groups is 2. The molecule has 0 aliphatic rings. The fourth-order valence-corrected chi connectivity index (χ4v) is 2.03. The molecule has 1 atom stereocenters. The lowest BCUT2D eigenvalue weighted by Crippen LogP contribution is -2.20. The van der Waals surface area contributed by atoms with Crippen molar-refractivity contribution in [2.75, 3.05) is 0 Å². The van der Waals surface area contributed by atoms with Crippen LogP contribution in [0.1, 0.15) is 26.2 Å². The summed E-state index contributed by atoms with van der Waals surface area (Å²) in [5.41, 5.74) is 5.97. The average Bonchev–Trinajstić information content (AvgIpc) is 2.46. The first-order valence-electron chi connectivity index (χ1n) is 3.75. The van der Waals surface area contributed by atoms with Gasteiger partial charge in [-0.05, 0) is 18.6 Å². The van der Waals surface area contributed by atoms with E-state index in [1.54, 1.807) is 6.92 Å². The number of hydrogen-bond donors (Lipinski definition) is 3. The van der Waals surface area contributed by atoms with Gasteiger partial charge >= 0.3 is 11.9 Å². The average molecular weight is 215 g/mol. The molecule has 0 aliphatic heterocycles. The molecular weight excluding hydrogens is 206 g/mol. The van der Waals surface area contributed by atoms with E-state index in [2.05, 4.69) is 0 Å². The lowest BCUT2D eigenvalue weighted by atomic mass is 10.2. The summed E-state index contributed by atoms with van der Waals surface area (Å²) in [5.74, 6) is -2.23. The number of aryl methyl sites for hydroxylation is 1. The third kappa shape index (κ3) is 1.91. The lowest BCUT2D eigenvalue weighted by molar-refractivity contribution is -0.138. The minimum Gasteiger partial charge on any atom is -0.480 e. The number of aliphatic carboxylic acids is 1. The van der Waals surface area contributed by atoms with Gasteiger partial charge in [0.05, 0.1) is 0 Å². The molecule has 0 spiro atoms. The minimum absolute atomic E-state index is 0.106. The Kier molecular flexibility index (Phi) is 2.87. The number of thiophene rings is 1. The van der Waals surface area contributed by atoms with E-state index in [4.69, 9.17) is 15.9 Å². The maximum atomic E-state index is 10.6. The molecule has 0 fully saturated rings. The first-order valence-corrected chi connectivity index (χ1v) is 4.57. The molecule has 5 nitrogen and oxygen atoms in total. The van der Waals surface area contributed by atoms with Crippen molar-refractivity contribution in [1.82, 2.24) is 0 Å². The van der Waals surface area contributed by atoms with Crippen LogP contribution in [0.3, 0.4) is 0 Å². The summed E-state index contributed by atoms with van der Waals surface area (Å²) in [4.78, 5) is 21.6. The van der Waals surface area contributed by atoms with Crippen molar-refractivity contribution in [2.24, 2.45) is 5.73 Å². The fraction of sp³-hybridized carbons (Fsp3) is 0.250. The zero-order valence-corrected chi connectivity index (χ0v) is 8.17. The number of hydrogen-bond acceptors (Lipinski definition) is 4. The molecule has 0 saturated carbocycles. The van der Waals surface area contributed by atoms with Gasteiger partial charge < -0.3 is 15.9 Å². The molecule has 1 aromatic heterocycles. The van der Waals surface area contributed by atoms with Crippen molar-refractivity contribution < 1.29 is 19.8 Å². The smallest absolute Gasteiger partial charge is 0.345 e. The molecule has 0 saturated heterocycles. The van der Waals surface area contributed by atoms with Gasteiger partial charge in [0.25, 0.3) is 0 Å². The Morgan fingerprint density at radius 1 is 1.50 bits per heavy atom. The number of aromatic carboxylic acids is 1. The normalized spacial score (nSPS) is 12.4. The second kappa shape index (κ2) is 3.77. The quantitative estimate of drug-likeness (QED) is 0.693. The van der Waals surface area contributed by atoms with Crippen LogP contribution >= 0.6 is 11.3 Å². The van der Waals surface area contributed by atoms with Crippen LogP contribution in [0.25, 0.3) is 0 Å². The standard InChI is InChI=1S/C8H9NO4S/c1-3-2-4(7(10)11)14-6(3)5(9)8(12)13/h2,5H,9H2,1H3,(H,10,11)(H,12,13). The van der Waals surface area contributed by atoms with E-state index in [1.165, 1.54) is 6.07 Å². The highest BCUT2D eigenvalue weighted by Crippen LogP contribution is 2.26. The van der Waals surface area contributed by atoms with Gasteiger partial charge in [-0.3, -0.25) is 4.79 Å². The molecule has 4 N–H and O–H groups in total. The number of carboxylic acids is 2. The summed E-state index contributed by atoms with van der Waals surface area (Å²) >= 11 is 0.899. The summed E-state index contributed by atoms with van der Waals surface area (Å²) < 4.78 is 0. The molecule has 6 heteroatoms. The van der Waals surface area contributed by atoms with Crippen molar-refractivity contribution >= 4 is 23.3 Å². The van der Waals surface area contributed by atoms with Gasteiger partial charge in [-0.1, -0.05) is 0 Å². The van der Waals surface area contributed by atoms with Crippen molar-refractivity contribution in [1.29, 1.82) is 0 Å². The third-order valence-electron chi connectivity index (χ3n) is 1.72. The van der Waals surface area contributed by atoms with Crippen molar-refractivity contribution in [3.8, 4) is 0 Å². The molecule has 1 rings (SSSR count). The summed E-state index contributed by atoms with van der Waals surface area (Å²) in [6, 6.07) is 0.276. The van der Waals surface area contributed by atoms with Crippen molar-refractivity contribution in [2.45, 2.75) is 13.0 Å². The predicted molar refractivity (Wildman–Crippen MR) is 50.6 cm³/mol. The zero-order chi connectivity index (χ0) is 10.9. The topological polar surface area (TPSA) is 101 Å². The van der Waals surface area contributed by atoms with E-state index < -0.39 is 18.0 Å². The maximum absolute atomic E-state index is 10.6. The molecule has 0 aromatic carbocycles. The van der Waals surface area contributed by atoms with E-state index in [0.717, 1.165) is 11.3 Å². The molecule has 76 valence electrons. The van der Waals surface area contributed by atoms with E-state index in [1.807, 2.05) is 0 Å². The molecule has 1 heterocycles. The van der Waals surface area contributed by atoms with Crippen molar-refractivity contribution in [3.05, 3.63) is 21.4 Å². The van der Waals surface area contributed by atoms with Gasteiger partial charge in [0.1, 0.15) is 10.9 Å². The molecule has 1 unspecified atom stereocenters. The van der Waals surface area contributed by atoms with Gasteiger partial charge in [-0.2, -0.15) is 0 Å². The summed E-state index contributed by atoms with van der Waals surface area (Å²) in [6.07, 6.45) is 0. The number of carboxylic acid groups (broad SMARTS) is 2. The van der Waals surface area contributed by atoms with Crippen LogP contribution in [0.4, 0.5) is 0 Å². The van der Waals surface area contributed by atoms with Gasteiger partial charge in [-0.25, -0.2) is 4.79 Å². The fourth-order valence-electron chi connectivity index (χ4n) is 1.02. The van der Waals surface area contributed by atoms with Crippen LogP contribution < -0.4 is 5.73 Å². The lowest BCUT2D eigenvalue weighted by Gasteiger charge is -2.03.